The molecule has 0 aliphatic carbocycles. The molecule has 0 radical (unpaired) electrons. The molecular formula is C23H28O7. The first-order chi connectivity index (χ1) is 14.4. The summed E-state index contributed by atoms with van der Waals surface area (Å²) in [4.78, 5) is 35.5. The van der Waals surface area contributed by atoms with Crippen LogP contribution in [0.3, 0.4) is 0 Å². The van der Waals surface area contributed by atoms with E-state index in [2.05, 4.69) is 0 Å². The second kappa shape index (κ2) is 11.2. The van der Waals surface area contributed by atoms with Gasteiger partial charge >= 0.3 is 17.9 Å². The second-order valence-electron chi connectivity index (χ2n) is 6.83. The largest absolute Gasteiger partial charge is 0.497 e. The number of carbonyl (C=O) groups is 3. The van der Waals surface area contributed by atoms with Gasteiger partial charge in [-0.25, -0.2) is 0 Å². The standard InChI is InChI=1S/C23H28O7/c1-5-21(24)28-13-20(30-22(25)6-2)14-29-23(26)15(3)16-7-8-18-12-19(27-4)10-9-17(18)11-16/h7-12,15,20H,5-6,13-14H2,1-4H3. The van der Waals surface area contributed by atoms with Crippen LogP contribution in [-0.2, 0) is 28.6 Å². The van der Waals surface area contributed by atoms with Crippen LogP contribution in [0.15, 0.2) is 36.4 Å². The van der Waals surface area contributed by atoms with Crippen LogP contribution in [0, 0.1) is 0 Å². The van der Waals surface area contributed by atoms with Gasteiger partial charge in [-0.05, 0) is 35.4 Å². The normalized spacial score (nSPS) is 12.7. The zero-order chi connectivity index (χ0) is 22.1. The molecule has 0 amide bonds. The quantitative estimate of drug-likeness (QED) is 0.430. The number of hydrogen-bond donors (Lipinski definition) is 0. The molecule has 2 aromatic carbocycles. The Kier molecular flexibility index (Phi) is 8.65. The molecule has 0 saturated heterocycles. The first-order valence-corrected chi connectivity index (χ1v) is 9.97. The van der Waals surface area contributed by atoms with E-state index in [0.717, 1.165) is 22.1 Å². The number of rotatable bonds is 10. The van der Waals surface area contributed by atoms with E-state index in [1.807, 2.05) is 36.4 Å². The number of hydrogen-bond acceptors (Lipinski definition) is 7. The highest BCUT2D eigenvalue weighted by molar-refractivity contribution is 5.86. The van der Waals surface area contributed by atoms with E-state index in [9.17, 15) is 14.4 Å². The van der Waals surface area contributed by atoms with Gasteiger partial charge in [-0.1, -0.05) is 38.1 Å². The molecule has 0 aliphatic heterocycles. The Labute approximate surface area is 176 Å². The molecule has 0 spiro atoms. The summed E-state index contributed by atoms with van der Waals surface area (Å²) in [5.74, 6) is -1.08. The van der Waals surface area contributed by atoms with Crippen LogP contribution in [0.4, 0.5) is 0 Å². The smallest absolute Gasteiger partial charge is 0.313 e. The minimum absolute atomic E-state index is 0.155. The molecule has 0 aliphatic rings. The van der Waals surface area contributed by atoms with E-state index in [4.69, 9.17) is 18.9 Å². The van der Waals surface area contributed by atoms with Gasteiger partial charge in [-0.15, -0.1) is 0 Å². The number of fused-ring (bicyclic) bond motifs is 1. The van der Waals surface area contributed by atoms with Gasteiger partial charge < -0.3 is 18.9 Å². The van der Waals surface area contributed by atoms with Crippen LogP contribution >= 0.6 is 0 Å². The first kappa shape index (κ1) is 23.2. The fourth-order valence-electron chi connectivity index (χ4n) is 2.75. The van der Waals surface area contributed by atoms with E-state index in [-0.39, 0.29) is 26.1 Å². The summed E-state index contributed by atoms with van der Waals surface area (Å²) in [6.07, 6.45) is -0.461. The third-order valence-corrected chi connectivity index (χ3v) is 4.64. The van der Waals surface area contributed by atoms with Crippen LogP contribution in [-0.4, -0.2) is 44.3 Å². The fraction of sp³-hybridized carbons (Fsp3) is 0.435. The minimum Gasteiger partial charge on any atom is -0.497 e. The van der Waals surface area contributed by atoms with Crippen LogP contribution in [0.25, 0.3) is 10.8 Å². The lowest BCUT2D eigenvalue weighted by atomic mass is 9.98. The van der Waals surface area contributed by atoms with Crippen molar-refractivity contribution in [1.29, 1.82) is 0 Å². The van der Waals surface area contributed by atoms with Crippen molar-refractivity contribution in [2.24, 2.45) is 0 Å². The molecule has 2 rings (SSSR count). The Hall–Kier alpha value is -3.09. The van der Waals surface area contributed by atoms with Gasteiger partial charge in [-0.2, -0.15) is 0 Å². The third-order valence-electron chi connectivity index (χ3n) is 4.64. The average molecular weight is 416 g/mol. The van der Waals surface area contributed by atoms with E-state index in [1.54, 1.807) is 27.9 Å². The van der Waals surface area contributed by atoms with E-state index >= 15 is 0 Å². The molecule has 2 unspecified atom stereocenters. The van der Waals surface area contributed by atoms with E-state index in [1.165, 1.54) is 0 Å². The number of ether oxygens (including phenoxy) is 4. The van der Waals surface area contributed by atoms with Crippen LogP contribution in [0.5, 0.6) is 5.75 Å². The van der Waals surface area contributed by atoms with Gasteiger partial charge in [0.15, 0.2) is 6.10 Å². The van der Waals surface area contributed by atoms with Crippen molar-refractivity contribution in [2.45, 2.75) is 45.6 Å². The Morgan fingerprint density at radius 2 is 1.50 bits per heavy atom. The molecule has 0 aromatic heterocycles. The zero-order valence-corrected chi connectivity index (χ0v) is 17.8. The Morgan fingerprint density at radius 3 is 2.17 bits per heavy atom. The maximum Gasteiger partial charge on any atom is 0.313 e. The number of benzene rings is 2. The number of carbonyl (C=O) groups excluding carboxylic acids is 3. The third kappa shape index (κ3) is 6.47. The molecule has 0 N–H and O–H groups in total. The van der Waals surface area contributed by atoms with Gasteiger partial charge in [0.05, 0.1) is 13.0 Å². The lowest BCUT2D eigenvalue weighted by molar-refractivity contribution is -0.166. The lowest BCUT2D eigenvalue weighted by Crippen LogP contribution is -2.31. The second-order valence-corrected chi connectivity index (χ2v) is 6.83. The number of methoxy groups -OCH3 is 1. The van der Waals surface area contributed by atoms with Crippen molar-refractivity contribution in [2.75, 3.05) is 20.3 Å². The SMILES string of the molecule is CCC(=O)OCC(COC(=O)C(C)c1ccc2cc(OC)ccc2c1)OC(=O)CC. The van der Waals surface area contributed by atoms with Crippen molar-refractivity contribution in [3.63, 3.8) is 0 Å². The topological polar surface area (TPSA) is 88.1 Å². The molecule has 0 saturated carbocycles. The highest BCUT2D eigenvalue weighted by Gasteiger charge is 2.22. The van der Waals surface area contributed by atoms with Crippen molar-refractivity contribution in [3.8, 4) is 5.75 Å². The Morgan fingerprint density at radius 1 is 0.867 bits per heavy atom. The zero-order valence-electron chi connectivity index (χ0n) is 17.8. The maximum atomic E-state index is 12.5. The Bertz CT molecular complexity index is 890. The molecule has 30 heavy (non-hydrogen) atoms. The predicted octanol–water partition coefficient (Wildman–Crippen LogP) is 3.77. The van der Waals surface area contributed by atoms with Crippen LogP contribution in [0.2, 0.25) is 0 Å². The summed E-state index contributed by atoms with van der Waals surface area (Å²) in [5, 5.41) is 1.98. The molecule has 0 fully saturated rings. The van der Waals surface area contributed by atoms with Gasteiger partial charge in [0.1, 0.15) is 19.0 Å². The average Bonchev–Trinajstić information content (AvgIpc) is 2.78. The summed E-state index contributed by atoms with van der Waals surface area (Å²) < 4.78 is 20.8. The molecular weight excluding hydrogens is 388 g/mol. The van der Waals surface area contributed by atoms with Crippen LogP contribution < -0.4 is 4.74 Å². The summed E-state index contributed by atoms with van der Waals surface area (Å²) >= 11 is 0. The minimum atomic E-state index is -0.840. The summed E-state index contributed by atoms with van der Waals surface area (Å²) in [7, 11) is 1.61. The van der Waals surface area contributed by atoms with Crippen molar-refractivity contribution < 1.29 is 33.3 Å². The van der Waals surface area contributed by atoms with Gasteiger partial charge in [0.25, 0.3) is 0 Å². The highest BCUT2D eigenvalue weighted by Crippen LogP contribution is 2.25. The van der Waals surface area contributed by atoms with Crippen molar-refractivity contribution in [3.05, 3.63) is 42.0 Å². The predicted molar refractivity (Wildman–Crippen MR) is 111 cm³/mol. The Balaban J connectivity index is 2.02. The summed E-state index contributed by atoms with van der Waals surface area (Å²) in [6.45, 7) is 4.73. The van der Waals surface area contributed by atoms with Crippen molar-refractivity contribution in [1.82, 2.24) is 0 Å². The van der Waals surface area contributed by atoms with Gasteiger partial charge in [-0.3, -0.25) is 14.4 Å². The monoisotopic (exact) mass is 416 g/mol. The van der Waals surface area contributed by atoms with Crippen LogP contribution in [0.1, 0.15) is 45.1 Å². The fourth-order valence-corrected chi connectivity index (χ4v) is 2.75. The molecule has 7 heteroatoms. The molecule has 162 valence electrons. The summed E-state index contributed by atoms with van der Waals surface area (Å²) in [6, 6.07) is 11.4. The van der Waals surface area contributed by atoms with Gasteiger partial charge in [0.2, 0.25) is 0 Å². The highest BCUT2D eigenvalue weighted by atomic mass is 16.6. The van der Waals surface area contributed by atoms with Crippen molar-refractivity contribution >= 4 is 28.7 Å². The molecule has 0 bridgehead atoms. The first-order valence-electron chi connectivity index (χ1n) is 9.97. The lowest BCUT2D eigenvalue weighted by Gasteiger charge is -2.19. The van der Waals surface area contributed by atoms with Gasteiger partial charge in [0, 0.05) is 12.8 Å². The maximum absolute atomic E-state index is 12.5. The summed E-state index contributed by atoms with van der Waals surface area (Å²) in [5.41, 5.74) is 0.803. The van der Waals surface area contributed by atoms with E-state index in [0.29, 0.717) is 0 Å². The molecule has 7 nitrogen and oxygen atoms in total. The molecule has 2 aromatic rings. The van der Waals surface area contributed by atoms with E-state index < -0.39 is 29.9 Å². The molecule has 2 atom stereocenters. The molecule has 0 heterocycles. The number of esters is 3.